The Morgan fingerprint density at radius 3 is 1.42 bits per heavy atom. The third-order valence-electron chi connectivity index (χ3n) is 4.68. The molecule has 24 heavy (non-hydrogen) atoms. The van der Waals surface area contributed by atoms with E-state index in [1.807, 2.05) is 0 Å². The number of hydrogen-bond acceptors (Lipinski definition) is 4. The molecule has 0 aromatic rings. The zero-order valence-corrected chi connectivity index (χ0v) is 16.2. The van der Waals surface area contributed by atoms with E-state index < -0.39 is 0 Å². The molecular formula is C18H38N2O4+2. The van der Waals surface area contributed by atoms with E-state index in [4.69, 9.17) is 18.9 Å². The number of quaternary nitrogens is 2. The second-order valence-electron chi connectivity index (χ2n) is 8.53. The smallest absolute Gasteiger partial charge is 0.130 e. The van der Waals surface area contributed by atoms with Crippen LogP contribution in [0.2, 0.25) is 0 Å². The SMILES string of the molecule is C[N+](C)(CCCOCCOCCC[N+](C)(C)CC1CO1)CC1CO1. The average molecular weight is 347 g/mol. The van der Waals surface area contributed by atoms with Gasteiger partial charge in [0.05, 0.1) is 80.9 Å². The topological polar surface area (TPSA) is 43.5 Å². The monoisotopic (exact) mass is 346 g/mol. The fourth-order valence-corrected chi connectivity index (χ4v) is 3.14. The lowest BCUT2D eigenvalue weighted by atomic mass is 10.3. The average Bonchev–Trinajstić information content (AvgIpc) is 3.38. The molecule has 0 spiro atoms. The third-order valence-corrected chi connectivity index (χ3v) is 4.68. The number of ether oxygens (including phenoxy) is 4. The Bertz CT molecular complexity index is 321. The molecule has 2 rings (SSSR count). The van der Waals surface area contributed by atoms with Gasteiger partial charge in [-0.25, -0.2) is 0 Å². The maximum Gasteiger partial charge on any atom is 0.130 e. The van der Waals surface area contributed by atoms with Crippen LogP contribution in [0.3, 0.4) is 0 Å². The summed E-state index contributed by atoms with van der Waals surface area (Å²) in [5, 5.41) is 0. The summed E-state index contributed by atoms with van der Waals surface area (Å²) in [5.74, 6) is 0. The first kappa shape index (κ1) is 20.1. The van der Waals surface area contributed by atoms with Gasteiger partial charge in [0.2, 0.25) is 0 Å². The first-order valence-corrected chi connectivity index (χ1v) is 9.39. The lowest BCUT2D eigenvalue weighted by molar-refractivity contribution is -0.891. The lowest BCUT2D eigenvalue weighted by Gasteiger charge is -2.29. The van der Waals surface area contributed by atoms with E-state index in [2.05, 4.69) is 28.2 Å². The summed E-state index contributed by atoms with van der Waals surface area (Å²) in [6.45, 7) is 9.44. The van der Waals surface area contributed by atoms with Crippen molar-refractivity contribution in [1.29, 1.82) is 0 Å². The van der Waals surface area contributed by atoms with Gasteiger partial charge in [-0.3, -0.25) is 0 Å². The van der Waals surface area contributed by atoms with Crippen molar-refractivity contribution in [3.63, 3.8) is 0 Å². The van der Waals surface area contributed by atoms with Crippen molar-refractivity contribution in [2.24, 2.45) is 0 Å². The molecule has 2 atom stereocenters. The van der Waals surface area contributed by atoms with Crippen LogP contribution in [0.25, 0.3) is 0 Å². The van der Waals surface area contributed by atoms with E-state index in [1.54, 1.807) is 0 Å². The number of epoxide rings is 2. The molecule has 6 heteroatoms. The van der Waals surface area contributed by atoms with Crippen LogP contribution in [0.5, 0.6) is 0 Å². The van der Waals surface area contributed by atoms with Crippen LogP contribution in [0.4, 0.5) is 0 Å². The van der Waals surface area contributed by atoms with E-state index in [0.717, 1.165) is 74.4 Å². The van der Waals surface area contributed by atoms with Crippen molar-refractivity contribution in [3.05, 3.63) is 0 Å². The highest BCUT2D eigenvalue weighted by Crippen LogP contribution is 2.15. The summed E-state index contributed by atoms with van der Waals surface area (Å²) in [6, 6.07) is 0. The molecule has 0 radical (unpaired) electrons. The van der Waals surface area contributed by atoms with Gasteiger partial charge >= 0.3 is 0 Å². The molecule has 0 aromatic heterocycles. The second kappa shape index (κ2) is 9.46. The molecule has 2 unspecified atom stereocenters. The summed E-state index contributed by atoms with van der Waals surface area (Å²) in [7, 11) is 9.06. The molecule has 6 nitrogen and oxygen atoms in total. The molecule has 142 valence electrons. The lowest BCUT2D eigenvalue weighted by Crippen LogP contribution is -2.43. The van der Waals surface area contributed by atoms with Crippen LogP contribution >= 0.6 is 0 Å². The van der Waals surface area contributed by atoms with E-state index in [9.17, 15) is 0 Å². The molecule has 0 N–H and O–H groups in total. The largest absolute Gasteiger partial charge is 0.379 e. The first-order chi connectivity index (χ1) is 11.4. The standard InChI is InChI=1S/C18H38N2O4/c1-19(2,13-17-15-23-17)7-5-9-21-11-12-22-10-6-8-20(3,4)14-18-16-24-18/h17-18H,5-16H2,1-4H3/q+2. The van der Waals surface area contributed by atoms with Gasteiger partial charge in [-0.2, -0.15) is 0 Å². The highest BCUT2D eigenvalue weighted by atomic mass is 16.6. The molecule has 0 aromatic carbocycles. The van der Waals surface area contributed by atoms with Crippen molar-refractivity contribution in [1.82, 2.24) is 0 Å². The number of nitrogens with zero attached hydrogens (tertiary/aromatic N) is 2. The third kappa shape index (κ3) is 9.91. The Morgan fingerprint density at radius 2 is 1.08 bits per heavy atom. The molecule has 2 aliphatic rings. The minimum absolute atomic E-state index is 0.495. The molecule has 2 heterocycles. The number of rotatable bonds is 15. The number of likely N-dealkylation sites (N-methyl/N-ethyl adjacent to an activating group) is 2. The van der Waals surface area contributed by atoms with Crippen molar-refractivity contribution in [2.45, 2.75) is 25.0 Å². The molecule has 0 amide bonds. The zero-order valence-electron chi connectivity index (χ0n) is 16.2. The van der Waals surface area contributed by atoms with Crippen molar-refractivity contribution < 1.29 is 27.9 Å². The van der Waals surface area contributed by atoms with Gasteiger partial charge in [0.15, 0.2) is 0 Å². The summed E-state index contributed by atoms with van der Waals surface area (Å²) in [4.78, 5) is 0. The Labute approximate surface area is 147 Å². The van der Waals surface area contributed by atoms with E-state index in [0.29, 0.717) is 25.4 Å². The van der Waals surface area contributed by atoms with Crippen molar-refractivity contribution in [3.8, 4) is 0 Å². The van der Waals surface area contributed by atoms with E-state index in [1.165, 1.54) is 0 Å². The molecule has 2 aliphatic heterocycles. The molecule has 0 bridgehead atoms. The first-order valence-electron chi connectivity index (χ1n) is 9.39. The number of hydrogen-bond donors (Lipinski definition) is 0. The molecule has 0 aliphatic carbocycles. The van der Waals surface area contributed by atoms with Crippen molar-refractivity contribution >= 4 is 0 Å². The van der Waals surface area contributed by atoms with Gasteiger partial charge in [0, 0.05) is 12.8 Å². The molecular weight excluding hydrogens is 308 g/mol. The fourth-order valence-electron chi connectivity index (χ4n) is 3.14. The Hall–Kier alpha value is -0.240. The molecule has 2 fully saturated rings. The van der Waals surface area contributed by atoms with Crippen LogP contribution < -0.4 is 0 Å². The second-order valence-corrected chi connectivity index (χ2v) is 8.53. The van der Waals surface area contributed by atoms with Gasteiger partial charge in [0.25, 0.3) is 0 Å². The Morgan fingerprint density at radius 1 is 0.708 bits per heavy atom. The van der Waals surface area contributed by atoms with Crippen molar-refractivity contribution in [2.75, 3.05) is 94.0 Å². The maximum absolute atomic E-state index is 5.67. The highest BCUT2D eigenvalue weighted by molar-refractivity contribution is 4.68. The Balaban J connectivity index is 1.33. The van der Waals surface area contributed by atoms with Gasteiger partial charge in [-0.15, -0.1) is 0 Å². The predicted molar refractivity (Wildman–Crippen MR) is 94.0 cm³/mol. The van der Waals surface area contributed by atoms with Gasteiger partial charge in [-0.05, 0) is 0 Å². The summed E-state index contributed by atoms with van der Waals surface area (Å²) < 4.78 is 24.0. The Kier molecular flexibility index (Phi) is 7.91. The summed E-state index contributed by atoms with van der Waals surface area (Å²) >= 11 is 0. The van der Waals surface area contributed by atoms with Gasteiger partial charge in [0.1, 0.15) is 25.3 Å². The van der Waals surface area contributed by atoms with Crippen LogP contribution in [0.1, 0.15) is 12.8 Å². The van der Waals surface area contributed by atoms with Gasteiger partial charge in [-0.1, -0.05) is 0 Å². The van der Waals surface area contributed by atoms with Crippen LogP contribution in [-0.4, -0.2) is 115 Å². The van der Waals surface area contributed by atoms with E-state index >= 15 is 0 Å². The summed E-state index contributed by atoms with van der Waals surface area (Å²) in [5.41, 5.74) is 0. The van der Waals surface area contributed by atoms with Gasteiger partial charge < -0.3 is 27.9 Å². The minimum atomic E-state index is 0.495. The normalized spacial score (nSPS) is 23.5. The minimum Gasteiger partial charge on any atom is -0.379 e. The van der Waals surface area contributed by atoms with Crippen LogP contribution in [0, 0.1) is 0 Å². The van der Waals surface area contributed by atoms with Crippen LogP contribution in [-0.2, 0) is 18.9 Å². The predicted octanol–water partition coefficient (Wildman–Crippen LogP) is 0.750. The molecule has 2 saturated heterocycles. The zero-order chi connectivity index (χ0) is 17.5. The highest BCUT2D eigenvalue weighted by Gasteiger charge is 2.31. The van der Waals surface area contributed by atoms with Crippen LogP contribution in [0.15, 0.2) is 0 Å². The van der Waals surface area contributed by atoms with E-state index in [-0.39, 0.29) is 0 Å². The maximum atomic E-state index is 5.67. The summed E-state index contributed by atoms with van der Waals surface area (Å²) in [6.07, 6.45) is 3.17. The fraction of sp³-hybridized carbons (Fsp3) is 1.00. The molecule has 0 saturated carbocycles. The quantitative estimate of drug-likeness (QED) is 0.249.